The second-order valence-electron chi connectivity index (χ2n) is 6.16. The fourth-order valence-corrected chi connectivity index (χ4v) is 3.07. The average Bonchev–Trinajstić information content (AvgIpc) is 3.07. The summed E-state index contributed by atoms with van der Waals surface area (Å²) in [6.45, 7) is 3.88. The Kier molecular flexibility index (Phi) is 4.74. The lowest BCUT2D eigenvalue weighted by molar-refractivity contribution is -0.132. The van der Waals surface area contributed by atoms with Gasteiger partial charge in [0.2, 0.25) is 5.91 Å². The molecule has 5 nitrogen and oxygen atoms in total. The minimum absolute atomic E-state index is 0.00718. The van der Waals surface area contributed by atoms with Gasteiger partial charge in [-0.15, -0.1) is 0 Å². The van der Waals surface area contributed by atoms with Crippen LogP contribution in [0.2, 0.25) is 0 Å². The molecule has 0 radical (unpaired) electrons. The molecular formula is C20H22N2O3. The molecule has 0 unspecified atom stereocenters. The van der Waals surface area contributed by atoms with E-state index in [1.165, 1.54) is 7.11 Å². The molecule has 1 aliphatic rings. The third kappa shape index (κ3) is 3.36. The van der Waals surface area contributed by atoms with E-state index in [1.807, 2.05) is 32.0 Å². The summed E-state index contributed by atoms with van der Waals surface area (Å²) in [7, 11) is 1.51. The van der Waals surface area contributed by atoms with Crippen molar-refractivity contribution in [3.8, 4) is 11.5 Å². The van der Waals surface area contributed by atoms with Crippen LogP contribution in [-0.4, -0.2) is 28.8 Å². The fourth-order valence-electron chi connectivity index (χ4n) is 3.07. The van der Waals surface area contributed by atoms with Crippen LogP contribution in [0.3, 0.4) is 0 Å². The van der Waals surface area contributed by atoms with Crippen molar-refractivity contribution in [2.24, 2.45) is 5.10 Å². The quantitative estimate of drug-likeness (QED) is 0.922. The van der Waals surface area contributed by atoms with Crippen LogP contribution in [0.4, 0.5) is 0 Å². The van der Waals surface area contributed by atoms with Crippen LogP contribution in [-0.2, 0) is 4.79 Å². The fraction of sp³-hybridized carbons (Fsp3) is 0.300. The van der Waals surface area contributed by atoms with Crippen molar-refractivity contribution < 1.29 is 14.6 Å². The molecule has 1 heterocycles. The number of methoxy groups -OCH3 is 1. The van der Waals surface area contributed by atoms with Crippen molar-refractivity contribution >= 4 is 11.6 Å². The topological polar surface area (TPSA) is 62.1 Å². The SMILES string of the molecule is CCC(=O)N1N=C(c2ccc(O)c(OC)c2)C[C@H]1c1cccc(C)c1. The number of benzene rings is 2. The molecule has 5 heteroatoms. The molecule has 0 aliphatic carbocycles. The van der Waals surface area contributed by atoms with Gasteiger partial charge in [0.15, 0.2) is 11.5 Å². The van der Waals surface area contributed by atoms with E-state index in [4.69, 9.17) is 4.74 Å². The highest BCUT2D eigenvalue weighted by Gasteiger charge is 2.32. The van der Waals surface area contributed by atoms with Gasteiger partial charge in [-0.1, -0.05) is 36.8 Å². The van der Waals surface area contributed by atoms with Gasteiger partial charge in [0, 0.05) is 18.4 Å². The van der Waals surface area contributed by atoms with E-state index in [0.29, 0.717) is 18.6 Å². The molecule has 1 aliphatic heterocycles. The monoisotopic (exact) mass is 338 g/mol. The number of carbonyl (C=O) groups excluding carboxylic acids is 1. The molecule has 0 aromatic heterocycles. The number of aromatic hydroxyl groups is 1. The first-order valence-electron chi connectivity index (χ1n) is 8.37. The first kappa shape index (κ1) is 17.0. The minimum atomic E-state index is -0.109. The summed E-state index contributed by atoms with van der Waals surface area (Å²) < 4.78 is 5.18. The third-order valence-corrected chi connectivity index (χ3v) is 4.41. The molecule has 0 saturated carbocycles. The highest BCUT2D eigenvalue weighted by atomic mass is 16.5. The molecule has 0 saturated heterocycles. The van der Waals surface area contributed by atoms with Crippen molar-refractivity contribution in [1.82, 2.24) is 5.01 Å². The molecule has 1 amide bonds. The van der Waals surface area contributed by atoms with E-state index in [1.54, 1.807) is 23.2 Å². The lowest BCUT2D eigenvalue weighted by atomic mass is 9.97. The number of aryl methyl sites for hydroxylation is 1. The van der Waals surface area contributed by atoms with Gasteiger partial charge in [-0.2, -0.15) is 5.10 Å². The van der Waals surface area contributed by atoms with Crippen LogP contribution in [0.15, 0.2) is 47.6 Å². The number of rotatable bonds is 4. The van der Waals surface area contributed by atoms with Crippen LogP contribution in [0.25, 0.3) is 0 Å². The predicted octanol–water partition coefficient (Wildman–Crippen LogP) is 3.80. The maximum atomic E-state index is 12.4. The summed E-state index contributed by atoms with van der Waals surface area (Å²) in [6, 6.07) is 13.2. The van der Waals surface area contributed by atoms with E-state index in [2.05, 4.69) is 11.2 Å². The Morgan fingerprint density at radius 3 is 2.80 bits per heavy atom. The first-order chi connectivity index (χ1) is 12.0. The van der Waals surface area contributed by atoms with Crippen LogP contribution in [0.5, 0.6) is 11.5 Å². The maximum absolute atomic E-state index is 12.4. The summed E-state index contributed by atoms with van der Waals surface area (Å²) in [5.41, 5.74) is 3.89. The van der Waals surface area contributed by atoms with E-state index in [-0.39, 0.29) is 17.7 Å². The van der Waals surface area contributed by atoms with Gasteiger partial charge >= 0.3 is 0 Å². The summed E-state index contributed by atoms with van der Waals surface area (Å²) in [5.74, 6) is 0.474. The van der Waals surface area contributed by atoms with Gasteiger partial charge in [0.05, 0.1) is 18.9 Å². The summed E-state index contributed by atoms with van der Waals surface area (Å²) in [4.78, 5) is 12.4. The number of hydrogen-bond donors (Lipinski definition) is 1. The molecule has 0 bridgehead atoms. The standard InChI is InChI=1S/C20H22N2O3/c1-4-20(24)22-17(15-7-5-6-13(2)10-15)12-16(21-22)14-8-9-18(23)19(11-14)25-3/h5-11,17,23H,4,12H2,1-3H3/t17-/m0/s1. The van der Waals surface area contributed by atoms with Crippen LogP contribution in [0.1, 0.15) is 42.5 Å². The van der Waals surface area contributed by atoms with Crippen molar-refractivity contribution in [3.63, 3.8) is 0 Å². The van der Waals surface area contributed by atoms with E-state index in [0.717, 1.165) is 22.4 Å². The molecule has 0 spiro atoms. The number of hydrogen-bond acceptors (Lipinski definition) is 4. The number of nitrogens with zero attached hydrogens (tertiary/aromatic N) is 2. The van der Waals surface area contributed by atoms with Crippen LogP contribution >= 0.6 is 0 Å². The van der Waals surface area contributed by atoms with E-state index in [9.17, 15) is 9.90 Å². The maximum Gasteiger partial charge on any atom is 0.242 e. The van der Waals surface area contributed by atoms with Crippen molar-refractivity contribution in [3.05, 3.63) is 59.2 Å². The Morgan fingerprint density at radius 2 is 2.12 bits per heavy atom. The van der Waals surface area contributed by atoms with Crippen molar-refractivity contribution in [2.75, 3.05) is 7.11 Å². The zero-order valence-electron chi connectivity index (χ0n) is 14.7. The average molecular weight is 338 g/mol. The Hall–Kier alpha value is -2.82. The summed E-state index contributed by atoms with van der Waals surface area (Å²) in [5, 5.41) is 16.0. The normalized spacial score (nSPS) is 16.7. The number of phenolic OH excluding ortho intramolecular Hbond substituents is 1. The number of amides is 1. The highest BCUT2D eigenvalue weighted by molar-refractivity contribution is 6.03. The molecule has 1 atom stereocenters. The van der Waals surface area contributed by atoms with Gasteiger partial charge in [-0.05, 0) is 30.7 Å². The Balaban J connectivity index is 1.98. The highest BCUT2D eigenvalue weighted by Crippen LogP contribution is 2.35. The number of phenols is 1. The largest absolute Gasteiger partial charge is 0.504 e. The lowest BCUT2D eigenvalue weighted by Gasteiger charge is -2.21. The van der Waals surface area contributed by atoms with E-state index >= 15 is 0 Å². The van der Waals surface area contributed by atoms with Crippen molar-refractivity contribution in [1.29, 1.82) is 0 Å². The second-order valence-corrected chi connectivity index (χ2v) is 6.16. The summed E-state index contributed by atoms with van der Waals surface area (Å²) in [6.07, 6.45) is 1.03. The first-order valence-corrected chi connectivity index (χ1v) is 8.37. The zero-order chi connectivity index (χ0) is 18.0. The van der Waals surface area contributed by atoms with Gasteiger partial charge < -0.3 is 9.84 Å². The number of carbonyl (C=O) groups is 1. The molecule has 1 N–H and O–H groups in total. The lowest BCUT2D eigenvalue weighted by Crippen LogP contribution is -2.26. The molecule has 2 aromatic rings. The van der Waals surface area contributed by atoms with Gasteiger partial charge in [0.1, 0.15) is 0 Å². The molecule has 0 fully saturated rings. The number of ether oxygens (including phenoxy) is 1. The van der Waals surface area contributed by atoms with Gasteiger partial charge in [0.25, 0.3) is 0 Å². The molecular weight excluding hydrogens is 316 g/mol. The molecule has 3 rings (SSSR count). The van der Waals surface area contributed by atoms with Crippen LogP contribution in [0, 0.1) is 6.92 Å². The smallest absolute Gasteiger partial charge is 0.242 e. The molecule has 25 heavy (non-hydrogen) atoms. The van der Waals surface area contributed by atoms with Crippen molar-refractivity contribution in [2.45, 2.75) is 32.7 Å². The Morgan fingerprint density at radius 1 is 1.32 bits per heavy atom. The summed E-state index contributed by atoms with van der Waals surface area (Å²) >= 11 is 0. The Labute approximate surface area is 147 Å². The molecule has 2 aromatic carbocycles. The second kappa shape index (κ2) is 6.97. The predicted molar refractivity (Wildman–Crippen MR) is 96.9 cm³/mol. The molecule has 130 valence electrons. The minimum Gasteiger partial charge on any atom is -0.504 e. The number of hydrazone groups is 1. The van der Waals surface area contributed by atoms with E-state index < -0.39 is 0 Å². The zero-order valence-corrected chi connectivity index (χ0v) is 14.7. The third-order valence-electron chi connectivity index (χ3n) is 4.41. The van der Waals surface area contributed by atoms with Crippen LogP contribution < -0.4 is 4.74 Å². The van der Waals surface area contributed by atoms with Gasteiger partial charge in [-0.25, -0.2) is 5.01 Å². The Bertz CT molecular complexity index is 829. The van der Waals surface area contributed by atoms with Gasteiger partial charge in [-0.3, -0.25) is 4.79 Å².